The standard InChI is InChI=1S/C37H55N3O5S/c1-3-40(4-2)33-25-24-31-28-35(37(41)45-36(31)29-33)34-23-19-18-22-32(34)30-38-26-20-16-14-12-10-8-6-5-7-9-11-13-15-17-21-27-39-46(42,43)44/h5,7,18-19,23-26,28-29,32,39H,3-4,6,8-17,20-22,27,30H2,1-2H3,(H,42,43,44)/b7-5-,38-26?. The Morgan fingerprint density at radius 3 is 2.26 bits per heavy atom. The third-order valence-corrected chi connectivity index (χ3v) is 9.16. The number of hydrogen-bond donors (Lipinski definition) is 2. The minimum absolute atomic E-state index is 0.174. The maximum atomic E-state index is 13.1. The minimum Gasteiger partial charge on any atom is -0.422 e. The van der Waals surface area contributed by atoms with Gasteiger partial charge in [0.1, 0.15) is 5.58 Å². The van der Waals surface area contributed by atoms with Crippen molar-refractivity contribution in [1.29, 1.82) is 0 Å². The number of unbranched alkanes of at least 4 members (excludes halogenated alkanes) is 11. The first-order valence-electron chi connectivity index (χ1n) is 17.4. The maximum absolute atomic E-state index is 13.1. The van der Waals surface area contributed by atoms with Crippen LogP contribution in [0.1, 0.15) is 109 Å². The lowest BCUT2D eigenvalue weighted by atomic mass is 9.87. The van der Waals surface area contributed by atoms with Gasteiger partial charge in [-0.1, -0.05) is 68.9 Å². The molecule has 0 radical (unpaired) electrons. The molecule has 8 nitrogen and oxygen atoms in total. The molecule has 0 saturated carbocycles. The van der Waals surface area contributed by atoms with Crippen molar-refractivity contribution in [3.63, 3.8) is 0 Å². The Labute approximate surface area is 276 Å². The molecule has 1 unspecified atom stereocenters. The lowest BCUT2D eigenvalue weighted by Crippen LogP contribution is -2.23. The van der Waals surface area contributed by atoms with Crippen LogP contribution in [-0.2, 0) is 10.3 Å². The first-order chi connectivity index (χ1) is 22.3. The van der Waals surface area contributed by atoms with Crippen LogP contribution in [0, 0.1) is 5.92 Å². The normalized spacial score (nSPS) is 15.4. The highest BCUT2D eigenvalue weighted by atomic mass is 32.2. The maximum Gasteiger partial charge on any atom is 0.343 e. The van der Waals surface area contributed by atoms with Crippen LogP contribution in [0.15, 0.2) is 68.8 Å². The summed E-state index contributed by atoms with van der Waals surface area (Å²) >= 11 is 0. The van der Waals surface area contributed by atoms with Crippen LogP contribution in [0.3, 0.4) is 0 Å². The van der Waals surface area contributed by atoms with Crippen LogP contribution in [0.4, 0.5) is 5.69 Å². The third-order valence-electron chi connectivity index (χ3n) is 8.59. The molecule has 9 heteroatoms. The fourth-order valence-corrected chi connectivity index (χ4v) is 6.32. The molecule has 1 aromatic carbocycles. The Bertz CT molecular complexity index is 1470. The first-order valence-corrected chi connectivity index (χ1v) is 18.8. The number of aliphatic imine (C=N–C) groups is 1. The van der Waals surface area contributed by atoms with Crippen molar-refractivity contribution in [1.82, 2.24) is 4.72 Å². The van der Waals surface area contributed by atoms with Crippen LogP contribution in [-0.4, -0.2) is 45.4 Å². The smallest absolute Gasteiger partial charge is 0.343 e. The highest BCUT2D eigenvalue weighted by Gasteiger charge is 2.20. The van der Waals surface area contributed by atoms with E-state index in [-0.39, 0.29) is 11.5 Å². The summed E-state index contributed by atoms with van der Waals surface area (Å²) in [5, 5.41) is 0.940. The van der Waals surface area contributed by atoms with Crippen LogP contribution in [0.2, 0.25) is 0 Å². The molecule has 0 bridgehead atoms. The summed E-state index contributed by atoms with van der Waals surface area (Å²) in [4.78, 5) is 20.1. The van der Waals surface area contributed by atoms with Crippen LogP contribution in [0.25, 0.3) is 16.5 Å². The Balaban J connectivity index is 1.27. The van der Waals surface area contributed by atoms with Crippen molar-refractivity contribution in [2.45, 2.75) is 104 Å². The molecule has 3 rings (SSSR count). The number of nitrogens with zero attached hydrogens (tertiary/aromatic N) is 2. The van der Waals surface area contributed by atoms with E-state index in [0.29, 0.717) is 24.2 Å². The summed E-state index contributed by atoms with van der Waals surface area (Å²) in [7, 11) is -4.05. The second-order valence-electron chi connectivity index (χ2n) is 12.1. The molecule has 1 atom stereocenters. The molecule has 0 spiro atoms. The fraction of sp³-hybridized carbons (Fsp3) is 0.568. The average Bonchev–Trinajstić information content (AvgIpc) is 3.04. The van der Waals surface area contributed by atoms with E-state index in [9.17, 15) is 13.2 Å². The van der Waals surface area contributed by atoms with Crippen LogP contribution < -0.4 is 15.2 Å². The van der Waals surface area contributed by atoms with E-state index in [1.54, 1.807) is 0 Å². The summed E-state index contributed by atoms with van der Waals surface area (Å²) in [6.07, 6.45) is 28.2. The van der Waals surface area contributed by atoms with Gasteiger partial charge in [-0.05, 0) is 95.2 Å². The van der Waals surface area contributed by atoms with Crippen molar-refractivity contribution in [2.75, 3.05) is 31.1 Å². The summed E-state index contributed by atoms with van der Waals surface area (Å²) in [6.45, 7) is 7.04. The molecule has 0 saturated heterocycles. The van der Waals surface area contributed by atoms with E-state index in [4.69, 9.17) is 14.0 Å². The molecular weight excluding hydrogens is 598 g/mol. The zero-order valence-electron chi connectivity index (χ0n) is 28.0. The fourth-order valence-electron chi connectivity index (χ4n) is 5.92. The van der Waals surface area contributed by atoms with Crippen molar-refractivity contribution < 1.29 is 17.4 Å². The molecule has 2 N–H and O–H groups in total. The van der Waals surface area contributed by atoms with Gasteiger partial charge < -0.3 is 9.32 Å². The molecule has 1 aromatic heterocycles. The Hall–Kier alpha value is -3.01. The first kappa shape index (κ1) is 37.4. The van der Waals surface area contributed by atoms with Gasteiger partial charge in [-0.15, -0.1) is 0 Å². The molecule has 0 aliphatic heterocycles. The molecule has 1 aliphatic carbocycles. The number of allylic oxidation sites excluding steroid dienone is 5. The predicted molar refractivity (Wildman–Crippen MR) is 193 cm³/mol. The van der Waals surface area contributed by atoms with Gasteiger partial charge in [-0.25, -0.2) is 4.79 Å². The number of nitrogens with one attached hydrogen (secondary N) is 1. The third kappa shape index (κ3) is 13.8. The van der Waals surface area contributed by atoms with Gasteiger partial charge >= 0.3 is 15.9 Å². The zero-order chi connectivity index (χ0) is 33.0. The second kappa shape index (κ2) is 21.0. The Kier molecular flexibility index (Phi) is 17.1. The Morgan fingerprint density at radius 2 is 1.59 bits per heavy atom. The summed E-state index contributed by atoms with van der Waals surface area (Å²) in [6, 6.07) is 8.10. The van der Waals surface area contributed by atoms with E-state index in [1.807, 2.05) is 30.4 Å². The number of hydrogen-bond acceptors (Lipinski definition) is 6. The lowest BCUT2D eigenvalue weighted by molar-refractivity contribution is 0.465. The number of fused-ring (bicyclic) bond motifs is 1. The van der Waals surface area contributed by atoms with E-state index in [2.05, 4.69) is 54.0 Å². The molecule has 2 aromatic rings. The van der Waals surface area contributed by atoms with Gasteiger partial charge in [-0.3, -0.25) is 9.55 Å². The second-order valence-corrected chi connectivity index (χ2v) is 13.4. The molecule has 254 valence electrons. The van der Waals surface area contributed by atoms with Crippen LogP contribution in [0.5, 0.6) is 0 Å². The number of benzene rings is 1. The van der Waals surface area contributed by atoms with Crippen molar-refractivity contribution in [3.05, 3.63) is 70.6 Å². The highest BCUT2D eigenvalue weighted by molar-refractivity contribution is 7.83. The van der Waals surface area contributed by atoms with Gasteiger partial charge in [-0.2, -0.15) is 13.1 Å². The van der Waals surface area contributed by atoms with Crippen molar-refractivity contribution >= 4 is 38.7 Å². The van der Waals surface area contributed by atoms with Gasteiger partial charge in [0, 0.05) is 49.2 Å². The van der Waals surface area contributed by atoms with Crippen molar-refractivity contribution in [3.8, 4) is 0 Å². The molecular formula is C37H55N3O5S. The zero-order valence-corrected chi connectivity index (χ0v) is 28.8. The van der Waals surface area contributed by atoms with Gasteiger partial charge in [0.05, 0.1) is 5.56 Å². The van der Waals surface area contributed by atoms with Gasteiger partial charge in [0.25, 0.3) is 0 Å². The number of anilines is 1. The van der Waals surface area contributed by atoms with Gasteiger partial charge in [0.15, 0.2) is 0 Å². The summed E-state index contributed by atoms with van der Waals surface area (Å²) in [5.74, 6) is 0.174. The van der Waals surface area contributed by atoms with Gasteiger partial charge in [0.2, 0.25) is 0 Å². The minimum atomic E-state index is -4.05. The predicted octanol–water partition coefficient (Wildman–Crippen LogP) is 8.69. The largest absolute Gasteiger partial charge is 0.422 e. The molecule has 1 heterocycles. The monoisotopic (exact) mass is 653 g/mol. The molecule has 0 amide bonds. The lowest BCUT2D eigenvalue weighted by Gasteiger charge is -2.21. The molecule has 46 heavy (non-hydrogen) atoms. The summed E-state index contributed by atoms with van der Waals surface area (Å²) < 4.78 is 37.7. The SMILES string of the molecule is CCN(CC)c1ccc2cc(C3=CC=CCC3CN=CCCCCCCC/C=C\CCCCCCCNS(=O)(=O)O)c(=O)oc2c1. The highest BCUT2D eigenvalue weighted by Crippen LogP contribution is 2.31. The molecule has 1 aliphatic rings. The van der Waals surface area contributed by atoms with E-state index in [0.717, 1.165) is 93.9 Å². The summed E-state index contributed by atoms with van der Waals surface area (Å²) in [5.41, 5.74) is 3.07. The average molecular weight is 654 g/mol. The topological polar surface area (TPSA) is 112 Å². The van der Waals surface area contributed by atoms with E-state index < -0.39 is 10.3 Å². The van der Waals surface area contributed by atoms with E-state index in [1.165, 1.54) is 25.7 Å². The molecule has 0 fully saturated rings. The number of rotatable bonds is 23. The van der Waals surface area contributed by atoms with Crippen molar-refractivity contribution in [2.24, 2.45) is 10.9 Å². The quantitative estimate of drug-likeness (QED) is 0.0408. The van der Waals surface area contributed by atoms with E-state index >= 15 is 0 Å². The van der Waals surface area contributed by atoms with Crippen LogP contribution >= 0.6 is 0 Å². The Morgan fingerprint density at radius 1 is 0.935 bits per heavy atom.